The second-order valence-corrected chi connectivity index (χ2v) is 9.86. The van der Waals surface area contributed by atoms with Crippen molar-refractivity contribution in [3.05, 3.63) is 65.2 Å². The van der Waals surface area contributed by atoms with Crippen LogP contribution in [-0.4, -0.2) is 44.3 Å². The van der Waals surface area contributed by atoms with E-state index in [-0.39, 0.29) is 36.9 Å². The van der Waals surface area contributed by atoms with Crippen molar-refractivity contribution in [3.63, 3.8) is 0 Å². The Balaban J connectivity index is 0.00000385. The summed E-state index contributed by atoms with van der Waals surface area (Å²) in [5.41, 5.74) is 1.11. The third-order valence-corrected chi connectivity index (χ3v) is 7.32. The lowest BCUT2D eigenvalue weighted by Gasteiger charge is -2.34. The van der Waals surface area contributed by atoms with Crippen molar-refractivity contribution in [1.82, 2.24) is 14.9 Å². The van der Waals surface area contributed by atoms with Gasteiger partial charge < -0.3 is 10.6 Å². The molecule has 0 bridgehead atoms. The Morgan fingerprint density at radius 1 is 1.12 bits per heavy atom. The molecule has 1 unspecified atom stereocenters. The molecule has 1 amide bonds. The van der Waals surface area contributed by atoms with E-state index in [2.05, 4.69) is 24.5 Å². The maximum Gasteiger partial charge on any atom is 0.416 e. The predicted molar refractivity (Wildman–Crippen MR) is 122 cm³/mol. The Morgan fingerprint density at radius 3 is 2.27 bits per heavy atom. The molecule has 1 saturated heterocycles. The molecule has 6 nitrogen and oxygen atoms in total. The number of hydrogen-bond donors (Lipinski definition) is 2. The van der Waals surface area contributed by atoms with E-state index in [4.69, 9.17) is 0 Å². The number of alkyl halides is 3. The second kappa shape index (κ2) is 10.9. The van der Waals surface area contributed by atoms with Crippen molar-refractivity contribution in [1.29, 1.82) is 0 Å². The Morgan fingerprint density at radius 2 is 1.73 bits per heavy atom. The minimum Gasteiger partial charge on any atom is -0.351 e. The maximum absolute atomic E-state index is 13.1. The molecule has 0 aliphatic carbocycles. The van der Waals surface area contributed by atoms with Gasteiger partial charge in [0.05, 0.1) is 10.5 Å². The SMILES string of the molecule is CC(C)c1ccc(CNC(=O)C2CNCCN2S(=O)(=O)c2ccc(C(F)(F)F)cc2)cc1.Cl. The van der Waals surface area contributed by atoms with Gasteiger partial charge in [0.15, 0.2) is 0 Å². The fourth-order valence-corrected chi connectivity index (χ4v) is 5.06. The zero-order valence-electron chi connectivity index (χ0n) is 18.2. The summed E-state index contributed by atoms with van der Waals surface area (Å²) in [6.45, 7) is 4.88. The molecule has 1 atom stereocenters. The molecular formula is C22H27ClF3N3O3S. The van der Waals surface area contributed by atoms with Gasteiger partial charge >= 0.3 is 6.18 Å². The molecule has 1 heterocycles. The van der Waals surface area contributed by atoms with Gasteiger partial charge in [-0.25, -0.2) is 8.42 Å². The van der Waals surface area contributed by atoms with E-state index in [1.807, 2.05) is 24.3 Å². The van der Waals surface area contributed by atoms with E-state index in [1.54, 1.807) is 0 Å². The fraction of sp³-hybridized carbons (Fsp3) is 0.409. The van der Waals surface area contributed by atoms with E-state index < -0.39 is 33.7 Å². The summed E-state index contributed by atoms with van der Waals surface area (Å²) < 4.78 is 65.6. The van der Waals surface area contributed by atoms with Crippen molar-refractivity contribution >= 4 is 28.3 Å². The van der Waals surface area contributed by atoms with Gasteiger partial charge in [0.1, 0.15) is 6.04 Å². The monoisotopic (exact) mass is 505 g/mol. The summed E-state index contributed by atoms with van der Waals surface area (Å²) in [6.07, 6.45) is -4.56. The number of hydrogen-bond acceptors (Lipinski definition) is 4. The molecule has 1 fully saturated rings. The quantitative estimate of drug-likeness (QED) is 0.629. The highest BCUT2D eigenvalue weighted by atomic mass is 35.5. The van der Waals surface area contributed by atoms with E-state index in [1.165, 1.54) is 5.56 Å². The number of sulfonamides is 1. The van der Waals surface area contributed by atoms with Gasteiger partial charge in [0, 0.05) is 26.2 Å². The van der Waals surface area contributed by atoms with Gasteiger partial charge in [-0.1, -0.05) is 38.1 Å². The number of nitrogens with one attached hydrogen (secondary N) is 2. The Labute approximate surface area is 198 Å². The lowest BCUT2D eigenvalue weighted by Crippen LogP contribution is -2.59. The number of benzene rings is 2. The molecule has 1 aliphatic rings. The van der Waals surface area contributed by atoms with E-state index in [0.29, 0.717) is 12.5 Å². The van der Waals surface area contributed by atoms with E-state index >= 15 is 0 Å². The van der Waals surface area contributed by atoms with Crippen LogP contribution in [-0.2, 0) is 27.5 Å². The molecular weight excluding hydrogens is 479 g/mol. The number of halogens is 4. The summed E-state index contributed by atoms with van der Waals surface area (Å²) >= 11 is 0. The minimum absolute atomic E-state index is 0. The van der Waals surface area contributed by atoms with Gasteiger partial charge in [-0.05, 0) is 41.3 Å². The third-order valence-electron chi connectivity index (χ3n) is 5.40. The van der Waals surface area contributed by atoms with Gasteiger partial charge in [-0.3, -0.25) is 4.79 Å². The van der Waals surface area contributed by atoms with E-state index in [9.17, 15) is 26.4 Å². The molecule has 1 aliphatic heterocycles. The largest absolute Gasteiger partial charge is 0.416 e. The van der Waals surface area contributed by atoms with Crippen LogP contribution in [0.15, 0.2) is 53.4 Å². The molecule has 3 rings (SSSR count). The minimum atomic E-state index is -4.56. The number of rotatable bonds is 6. The second-order valence-electron chi connectivity index (χ2n) is 7.97. The zero-order chi connectivity index (χ0) is 23.5. The van der Waals surface area contributed by atoms with Gasteiger partial charge in [0.25, 0.3) is 0 Å². The van der Waals surface area contributed by atoms with Crippen LogP contribution in [0.25, 0.3) is 0 Å². The van der Waals surface area contributed by atoms with Crippen LogP contribution in [0.5, 0.6) is 0 Å². The Kier molecular flexibility index (Phi) is 8.92. The molecule has 0 spiro atoms. The standard InChI is InChI=1S/C22H26F3N3O3S.ClH/c1-15(2)17-5-3-16(4-6-17)13-27-21(29)20-14-26-11-12-28(20)32(30,31)19-9-7-18(8-10-19)22(23,24)25;/h3-10,15,20,26H,11-14H2,1-2H3,(H,27,29);1H. The molecule has 11 heteroatoms. The van der Waals surface area contributed by atoms with Gasteiger partial charge in [0.2, 0.25) is 15.9 Å². The van der Waals surface area contributed by atoms with E-state index in [0.717, 1.165) is 34.1 Å². The first-order valence-electron chi connectivity index (χ1n) is 10.3. The molecule has 33 heavy (non-hydrogen) atoms. The van der Waals surface area contributed by atoms with Crippen LogP contribution in [0.4, 0.5) is 13.2 Å². The first kappa shape index (κ1) is 27.1. The molecule has 0 aromatic heterocycles. The third kappa shape index (κ3) is 6.47. The first-order valence-corrected chi connectivity index (χ1v) is 11.7. The first-order chi connectivity index (χ1) is 15.0. The molecule has 2 aromatic carbocycles. The van der Waals surface area contributed by atoms with Crippen LogP contribution in [0.2, 0.25) is 0 Å². The lowest BCUT2D eigenvalue weighted by molar-refractivity contribution is -0.137. The Hall–Kier alpha value is -2.14. The van der Waals surface area contributed by atoms with Gasteiger partial charge in [-0.15, -0.1) is 12.4 Å². The number of carbonyl (C=O) groups excluding carboxylic acids is 1. The summed E-state index contributed by atoms with van der Waals surface area (Å²) in [6, 6.07) is 10.1. The summed E-state index contributed by atoms with van der Waals surface area (Å²) in [5.74, 6) is -0.0865. The van der Waals surface area contributed by atoms with Crippen molar-refractivity contribution in [3.8, 4) is 0 Å². The smallest absolute Gasteiger partial charge is 0.351 e. The lowest BCUT2D eigenvalue weighted by atomic mass is 10.0. The van der Waals surface area contributed by atoms with Gasteiger partial charge in [-0.2, -0.15) is 17.5 Å². The van der Waals surface area contributed by atoms with Crippen molar-refractivity contribution in [2.24, 2.45) is 0 Å². The molecule has 2 N–H and O–H groups in total. The maximum atomic E-state index is 13.1. The van der Waals surface area contributed by atoms with Crippen molar-refractivity contribution in [2.75, 3.05) is 19.6 Å². The van der Waals surface area contributed by atoms with Crippen molar-refractivity contribution < 1.29 is 26.4 Å². The average Bonchev–Trinajstić information content (AvgIpc) is 2.77. The molecule has 0 radical (unpaired) electrons. The average molecular weight is 506 g/mol. The van der Waals surface area contributed by atoms with Crippen molar-refractivity contribution in [2.45, 2.75) is 43.4 Å². The number of carbonyl (C=O) groups is 1. The van der Waals surface area contributed by atoms with Crippen LogP contribution in [0.3, 0.4) is 0 Å². The normalized spacial score (nSPS) is 17.5. The number of amides is 1. The topological polar surface area (TPSA) is 78.5 Å². The highest BCUT2D eigenvalue weighted by Gasteiger charge is 2.38. The Bertz CT molecular complexity index is 1040. The molecule has 0 saturated carbocycles. The molecule has 182 valence electrons. The highest BCUT2D eigenvalue weighted by Crippen LogP contribution is 2.30. The van der Waals surface area contributed by atoms with Crippen LogP contribution in [0, 0.1) is 0 Å². The van der Waals surface area contributed by atoms with Crippen LogP contribution < -0.4 is 10.6 Å². The zero-order valence-corrected chi connectivity index (χ0v) is 19.9. The van der Waals surface area contributed by atoms with Crippen LogP contribution in [0.1, 0.15) is 36.5 Å². The number of nitrogens with zero attached hydrogens (tertiary/aromatic N) is 1. The molecule has 2 aromatic rings. The number of piperazine rings is 1. The predicted octanol–water partition coefficient (Wildman–Crippen LogP) is 3.53. The van der Waals surface area contributed by atoms with Crippen LogP contribution >= 0.6 is 12.4 Å². The highest BCUT2D eigenvalue weighted by molar-refractivity contribution is 7.89. The summed E-state index contributed by atoms with van der Waals surface area (Å²) in [7, 11) is -4.15. The summed E-state index contributed by atoms with van der Waals surface area (Å²) in [5, 5.41) is 5.77. The summed E-state index contributed by atoms with van der Waals surface area (Å²) in [4.78, 5) is 12.5. The fourth-order valence-electron chi connectivity index (χ4n) is 3.48.